The fourth-order valence-electron chi connectivity index (χ4n) is 3.42. The molecule has 2 aromatic rings. The van der Waals surface area contributed by atoms with E-state index in [1.807, 2.05) is 6.07 Å². The Kier molecular flexibility index (Phi) is 6.04. The monoisotopic (exact) mass is 382 g/mol. The van der Waals surface area contributed by atoms with E-state index in [4.69, 9.17) is 4.74 Å². The third-order valence-electron chi connectivity index (χ3n) is 4.87. The smallest absolute Gasteiger partial charge is 0.306 e. The first kappa shape index (κ1) is 19.5. The second kappa shape index (κ2) is 8.65. The third-order valence-corrected chi connectivity index (χ3v) is 4.87. The molecule has 8 nitrogen and oxygen atoms in total. The molecule has 1 aliphatic rings. The van der Waals surface area contributed by atoms with Gasteiger partial charge in [0.15, 0.2) is 6.61 Å². The summed E-state index contributed by atoms with van der Waals surface area (Å²) >= 11 is 0. The largest absolute Gasteiger partial charge is 0.456 e. The summed E-state index contributed by atoms with van der Waals surface area (Å²) in [5, 5.41) is 12.4. The predicted octanol–water partition coefficient (Wildman–Crippen LogP) is 1.74. The minimum Gasteiger partial charge on any atom is -0.456 e. The second-order valence-corrected chi connectivity index (χ2v) is 6.99. The van der Waals surface area contributed by atoms with Crippen LogP contribution in [0, 0.1) is 11.3 Å². The molecular formula is C20H22N4O4. The molecule has 2 N–H and O–H groups in total. The van der Waals surface area contributed by atoms with Gasteiger partial charge in [0.25, 0.3) is 11.5 Å². The lowest BCUT2D eigenvalue weighted by Gasteiger charge is -2.21. The van der Waals surface area contributed by atoms with E-state index in [2.05, 4.69) is 21.4 Å². The Labute approximate surface area is 161 Å². The quantitative estimate of drug-likeness (QED) is 0.703. The van der Waals surface area contributed by atoms with E-state index < -0.39 is 24.0 Å². The van der Waals surface area contributed by atoms with Crippen molar-refractivity contribution in [2.45, 2.75) is 50.5 Å². The Morgan fingerprint density at radius 2 is 2.04 bits per heavy atom. The number of nitrogens with zero attached hydrogens (tertiary/aromatic N) is 2. The van der Waals surface area contributed by atoms with Gasteiger partial charge in [-0.2, -0.15) is 5.26 Å². The first-order chi connectivity index (χ1) is 13.5. The Balaban J connectivity index is 1.43. The van der Waals surface area contributed by atoms with Gasteiger partial charge in [0.05, 0.1) is 17.0 Å². The minimum absolute atomic E-state index is 0.104. The molecule has 1 saturated carbocycles. The van der Waals surface area contributed by atoms with Crippen LogP contribution in [0.1, 0.15) is 44.3 Å². The zero-order valence-electron chi connectivity index (χ0n) is 15.5. The molecular weight excluding hydrogens is 360 g/mol. The molecule has 8 heteroatoms. The van der Waals surface area contributed by atoms with Crippen LogP contribution in [0.25, 0.3) is 10.9 Å². The number of hydrogen-bond donors (Lipinski definition) is 2. The van der Waals surface area contributed by atoms with Gasteiger partial charge in [0, 0.05) is 12.8 Å². The number of aromatic amines is 1. The van der Waals surface area contributed by atoms with E-state index in [0.717, 1.165) is 12.8 Å². The highest BCUT2D eigenvalue weighted by Crippen LogP contribution is 2.28. The highest BCUT2D eigenvalue weighted by molar-refractivity contribution is 5.81. The number of nitrogens with one attached hydrogen (secondary N) is 2. The van der Waals surface area contributed by atoms with E-state index in [-0.39, 0.29) is 12.0 Å². The Morgan fingerprint density at radius 1 is 1.29 bits per heavy atom. The summed E-state index contributed by atoms with van der Waals surface area (Å²) in [7, 11) is 0. The van der Waals surface area contributed by atoms with Gasteiger partial charge in [-0.05, 0) is 44.2 Å². The maximum atomic E-state index is 12.0. The number of nitriles is 1. The number of ether oxygens (including phenoxy) is 1. The number of hydrogen-bond acceptors (Lipinski definition) is 6. The van der Waals surface area contributed by atoms with Gasteiger partial charge in [-0.1, -0.05) is 12.1 Å². The molecule has 0 bridgehead atoms. The molecule has 0 unspecified atom stereocenters. The molecule has 1 aromatic heterocycles. The van der Waals surface area contributed by atoms with Crippen LogP contribution < -0.4 is 10.9 Å². The molecule has 0 atom stereocenters. The van der Waals surface area contributed by atoms with Crippen LogP contribution in [0.3, 0.4) is 0 Å². The summed E-state index contributed by atoms with van der Waals surface area (Å²) in [6.45, 7) is -0.396. The minimum atomic E-state index is -0.822. The van der Waals surface area contributed by atoms with Gasteiger partial charge >= 0.3 is 5.97 Å². The van der Waals surface area contributed by atoms with Crippen LogP contribution in [-0.2, 0) is 20.7 Å². The summed E-state index contributed by atoms with van der Waals surface area (Å²) in [6.07, 6.45) is 4.01. The number of esters is 1. The van der Waals surface area contributed by atoms with Crippen LogP contribution >= 0.6 is 0 Å². The fraction of sp³-hybridized carbons (Fsp3) is 0.450. The summed E-state index contributed by atoms with van der Waals surface area (Å²) in [6, 6.07) is 9.21. The van der Waals surface area contributed by atoms with Crippen molar-refractivity contribution in [2.24, 2.45) is 0 Å². The molecule has 1 fully saturated rings. The molecule has 146 valence electrons. The normalized spacial score (nSPS) is 15.1. The number of amides is 1. The van der Waals surface area contributed by atoms with Gasteiger partial charge in [0.1, 0.15) is 11.4 Å². The lowest BCUT2D eigenvalue weighted by atomic mass is 10.00. The zero-order chi connectivity index (χ0) is 20.0. The molecule has 0 saturated heterocycles. The zero-order valence-corrected chi connectivity index (χ0v) is 15.5. The van der Waals surface area contributed by atoms with Crippen molar-refractivity contribution in [3.8, 4) is 6.07 Å². The molecule has 1 amide bonds. The van der Waals surface area contributed by atoms with Crippen molar-refractivity contribution in [3.05, 3.63) is 40.4 Å². The number of aromatic nitrogens is 2. The van der Waals surface area contributed by atoms with Crippen molar-refractivity contribution < 1.29 is 14.3 Å². The first-order valence-electron chi connectivity index (χ1n) is 9.37. The van der Waals surface area contributed by atoms with E-state index in [0.29, 0.717) is 42.4 Å². The summed E-state index contributed by atoms with van der Waals surface area (Å²) in [4.78, 5) is 42.9. The summed E-state index contributed by atoms with van der Waals surface area (Å²) < 4.78 is 4.98. The van der Waals surface area contributed by atoms with Crippen molar-refractivity contribution in [1.82, 2.24) is 15.3 Å². The number of fused-ring (bicyclic) bond motifs is 1. The number of para-hydroxylation sites is 1. The number of H-pyrrole nitrogens is 1. The molecule has 0 radical (unpaired) electrons. The maximum Gasteiger partial charge on any atom is 0.306 e. The molecule has 1 aliphatic carbocycles. The van der Waals surface area contributed by atoms with Crippen molar-refractivity contribution in [1.29, 1.82) is 5.26 Å². The van der Waals surface area contributed by atoms with Crippen molar-refractivity contribution >= 4 is 22.8 Å². The number of carbonyl (C=O) groups excluding carboxylic acids is 2. The van der Waals surface area contributed by atoms with Crippen LogP contribution in [0.2, 0.25) is 0 Å². The summed E-state index contributed by atoms with van der Waals surface area (Å²) in [5.41, 5.74) is -0.422. The van der Waals surface area contributed by atoms with Gasteiger partial charge in [-0.15, -0.1) is 0 Å². The van der Waals surface area contributed by atoms with E-state index in [1.165, 1.54) is 0 Å². The van der Waals surface area contributed by atoms with Crippen LogP contribution in [-0.4, -0.2) is 34.0 Å². The standard InChI is InChI=1S/C20H22N4O4/c21-13-20(10-3-4-11-20)24-17(25)12-28-18(26)9-5-8-16-22-15-7-2-1-6-14(15)19(27)23-16/h1-2,6-7H,3-5,8-12H2,(H,24,25)(H,22,23,27). The lowest BCUT2D eigenvalue weighted by Crippen LogP contribution is -2.46. The number of aryl methyl sites for hydroxylation is 1. The van der Waals surface area contributed by atoms with Crippen LogP contribution in [0.4, 0.5) is 0 Å². The third kappa shape index (κ3) is 4.74. The Hall–Kier alpha value is -3.21. The van der Waals surface area contributed by atoms with Gasteiger partial charge < -0.3 is 15.0 Å². The first-order valence-corrected chi connectivity index (χ1v) is 9.37. The predicted molar refractivity (Wildman–Crippen MR) is 101 cm³/mol. The Bertz CT molecular complexity index is 970. The topological polar surface area (TPSA) is 125 Å². The van der Waals surface area contributed by atoms with E-state index in [9.17, 15) is 19.6 Å². The van der Waals surface area contributed by atoms with Crippen LogP contribution in [0.5, 0.6) is 0 Å². The Morgan fingerprint density at radius 3 is 2.79 bits per heavy atom. The number of rotatable bonds is 7. The van der Waals surface area contributed by atoms with Gasteiger partial charge in [0.2, 0.25) is 0 Å². The van der Waals surface area contributed by atoms with Crippen LogP contribution in [0.15, 0.2) is 29.1 Å². The average molecular weight is 382 g/mol. The molecule has 0 spiro atoms. The number of carbonyl (C=O) groups is 2. The lowest BCUT2D eigenvalue weighted by molar-refractivity contribution is -0.149. The number of benzene rings is 1. The molecule has 28 heavy (non-hydrogen) atoms. The molecule has 0 aliphatic heterocycles. The second-order valence-electron chi connectivity index (χ2n) is 6.99. The van der Waals surface area contributed by atoms with Gasteiger partial charge in [-0.3, -0.25) is 14.4 Å². The van der Waals surface area contributed by atoms with Gasteiger partial charge in [-0.25, -0.2) is 4.98 Å². The molecule has 1 heterocycles. The molecule has 1 aromatic carbocycles. The maximum absolute atomic E-state index is 12.0. The average Bonchev–Trinajstić information content (AvgIpc) is 3.15. The SMILES string of the molecule is N#CC1(NC(=O)COC(=O)CCCc2nc3ccccc3c(=O)[nH]2)CCCC1. The van der Waals surface area contributed by atoms with Crippen molar-refractivity contribution in [2.75, 3.05) is 6.61 Å². The fourth-order valence-corrected chi connectivity index (χ4v) is 3.42. The summed E-state index contributed by atoms with van der Waals surface area (Å²) in [5.74, 6) is -0.459. The van der Waals surface area contributed by atoms with E-state index in [1.54, 1.807) is 18.2 Å². The molecule has 3 rings (SSSR count). The van der Waals surface area contributed by atoms with E-state index >= 15 is 0 Å². The highest BCUT2D eigenvalue weighted by Gasteiger charge is 2.35. The highest BCUT2D eigenvalue weighted by atomic mass is 16.5. The van der Waals surface area contributed by atoms with Crippen molar-refractivity contribution in [3.63, 3.8) is 0 Å².